The van der Waals surface area contributed by atoms with E-state index in [1.807, 2.05) is 12.3 Å². The van der Waals surface area contributed by atoms with Crippen LogP contribution < -0.4 is 0 Å². The van der Waals surface area contributed by atoms with Crippen LogP contribution in [0.4, 0.5) is 0 Å². The Kier molecular flexibility index (Phi) is 3.31. The van der Waals surface area contributed by atoms with E-state index in [9.17, 15) is 0 Å². The summed E-state index contributed by atoms with van der Waals surface area (Å²) < 4.78 is 5.36. The Morgan fingerprint density at radius 3 is 2.95 bits per heavy atom. The summed E-state index contributed by atoms with van der Waals surface area (Å²) in [5.41, 5.74) is 4.07. The van der Waals surface area contributed by atoms with Gasteiger partial charge in [-0.25, -0.2) is 0 Å². The van der Waals surface area contributed by atoms with Gasteiger partial charge in [0.05, 0.1) is 17.6 Å². The molecule has 3 nitrogen and oxygen atoms in total. The van der Waals surface area contributed by atoms with Crippen LogP contribution in [0.2, 0.25) is 0 Å². The third kappa shape index (κ3) is 2.39. The Hall–Kier alpha value is -1.35. The Morgan fingerprint density at radius 1 is 1.42 bits per heavy atom. The average Bonchev–Trinajstić information content (AvgIpc) is 2.84. The Morgan fingerprint density at radius 2 is 2.21 bits per heavy atom. The van der Waals surface area contributed by atoms with E-state index in [1.54, 1.807) is 7.11 Å². The molecular formula is C16H22N2O. The van der Waals surface area contributed by atoms with Gasteiger partial charge < -0.3 is 9.72 Å². The van der Waals surface area contributed by atoms with Crippen molar-refractivity contribution in [1.82, 2.24) is 9.97 Å². The standard InChI is InChI=1S/C16H22N2O/c1-16(11-19-2)7-5-12(6-8-16)13-10-18-14-4-3-9-17-15(13)14/h3-4,9-10,12,18H,5-8,11H2,1-2H3. The number of hydrogen-bond donors (Lipinski definition) is 1. The number of pyridine rings is 1. The minimum atomic E-state index is 0.366. The molecule has 1 fully saturated rings. The Balaban J connectivity index is 1.78. The second kappa shape index (κ2) is 4.97. The molecule has 1 saturated carbocycles. The van der Waals surface area contributed by atoms with Crippen molar-refractivity contribution in [3.05, 3.63) is 30.1 Å². The van der Waals surface area contributed by atoms with E-state index in [1.165, 1.54) is 31.2 Å². The van der Waals surface area contributed by atoms with Gasteiger partial charge in [0.1, 0.15) is 0 Å². The fourth-order valence-corrected chi connectivity index (χ4v) is 3.41. The maximum atomic E-state index is 5.36. The summed E-state index contributed by atoms with van der Waals surface area (Å²) in [5, 5.41) is 0. The number of nitrogens with zero attached hydrogens (tertiary/aromatic N) is 1. The van der Waals surface area contributed by atoms with E-state index in [-0.39, 0.29) is 0 Å². The van der Waals surface area contributed by atoms with E-state index >= 15 is 0 Å². The third-order valence-corrected chi connectivity index (χ3v) is 4.59. The van der Waals surface area contributed by atoms with Crippen molar-refractivity contribution in [2.24, 2.45) is 5.41 Å². The number of rotatable bonds is 3. The molecule has 0 amide bonds. The molecule has 0 atom stereocenters. The number of fused-ring (bicyclic) bond motifs is 1. The molecule has 0 spiro atoms. The molecule has 0 unspecified atom stereocenters. The summed E-state index contributed by atoms with van der Waals surface area (Å²) in [5.74, 6) is 0.647. The number of H-pyrrole nitrogens is 1. The predicted octanol–water partition coefficient (Wildman–Crippen LogP) is 3.87. The van der Waals surface area contributed by atoms with Gasteiger partial charge in [-0.1, -0.05) is 6.92 Å². The minimum absolute atomic E-state index is 0.366. The fourth-order valence-electron chi connectivity index (χ4n) is 3.41. The molecule has 2 aromatic rings. The van der Waals surface area contributed by atoms with E-state index < -0.39 is 0 Å². The summed E-state index contributed by atoms with van der Waals surface area (Å²) in [6.07, 6.45) is 9.00. The highest BCUT2D eigenvalue weighted by atomic mass is 16.5. The summed E-state index contributed by atoms with van der Waals surface area (Å²) in [6, 6.07) is 4.09. The lowest BCUT2D eigenvalue weighted by atomic mass is 9.70. The molecule has 0 aliphatic heterocycles. The quantitative estimate of drug-likeness (QED) is 0.907. The van der Waals surface area contributed by atoms with Crippen LogP contribution >= 0.6 is 0 Å². The molecule has 0 bridgehead atoms. The predicted molar refractivity (Wildman–Crippen MR) is 77.3 cm³/mol. The van der Waals surface area contributed by atoms with Gasteiger partial charge in [0.25, 0.3) is 0 Å². The van der Waals surface area contributed by atoms with Crippen molar-refractivity contribution in [2.75, 3.05) is 13.7 Å². The monoisotopic (exact) mass is 258 g/mol. The number of methoxy groups -OCH3 is 1. The zero-order valence-corrected chi connectivity index (χ0v) is 11.8. The summed E-state index contributed by atoms with van der Waals surface area (Å²) in [6.45, 7) is 3.23. The van der Waals surface area contributed by atoms with Crippen LogP contribution in [0.15, 0.2) is 24.5 Å². The second-order valence-electron chi connectivity index (χ2n) is 6.16. The van der Waals surface area contributed by atoms with Gasteiger partial charge in [-0.15, -0.1) is 0 Å². The van der Waals surface area contributed by atoms with Gasteiger partial charge >= 0.3 is 0 Å². The van der Waals surface area contributed by atoms with Gasteiger partial charge in [0, 0.05) is 19.5 Å². The topological polar surface area (TPSA) is 37.9 Å². The molecule has 1 N–H and O–H groups in total. The molecule has 0 saturated heterocycles. The first-order chi connectivity index (χ1) is 9.22. The largest absolute Gasteiger partial charge is 0.384 e. The van der Waals surface area contributed by atoms with Crippen LogP contribution in [0.5, 0.6) is 0 Å². The maximum Gasteiger partial charge on any atom is 0.0913 e. The highest BCUT2D eigenvalue weighted by Crippen LogP contribution is 2.44. The van der Waals surface area contributed by atoms with Crippen LogP contribution in [0, 0.1) is 5.41 Å². The van der Waals surface area contributed by atoms with E-state index in [0.29, 0.717) is 11.3 Å². The molecule has 0 radical (unpaired) electrons. The lowest BCUT2D eigenvalue weighted by Gasteiger charge is -2.36. The maximum absolute atomic E-state index is 5.36. The summed E-state index contributed by atoms with van der Waals surface area (Å²) in [7, 11) is 1.81. The van der Waals surface area contributed by atoms with Gasteiger partial charge in [0.2, 0.25) is 0 Å². The lowest BCUT2D eigenvalue weighted by Crippen LogP contribution is -2.28. The van der Waals surface area contributed by atoms with Crippen molar-refractivity contribution in [2.45, 2.75) is 38.5 Å². The number of hydrogen-bond acceptors (Lipinski definition) is 2. The minimum Gasteiger partial charge on any atom is -0.384 e. The van der Waals surface area contributed by atoms with Crippen LogP contribution in [-0.2, 0) is 4.74 Å². The first kappa shape index (κ1) is 12.7. The van der Waals surface area contributed by atoms with E-state index in [4.69, 9.17) is 4.74 Å². The third-order valence-electron chi connectivity index (χ3n) is 4.59. The zero-order valence-electron chi connectivity index (χ0n) is 11.8. The van der Waals surface area contributed by atoms with Crippen molar-refractivity contribution in [3.8, 4) is 0 Å². The van der Waals surface area contributed by atoms with Crippen molar-refractivity contribution < 1.29 is 4.74 Å². The smallest absolute Gasteiger partial charge is 0.0913 e. The van der Waals surface area contributed by atoms with Gasteiger partial charge in [-0.05, 0) is 54.7 Å². The molecule has 2 heterocycles. The highest BCUT2D eigenvalue weighted by molar-refractivity contribution is 5.79. The van der Waals surface area contributed by atoms with Gasteiger partial charge in [0.15, 0.2) is 0 Å². The molecule has 19 heavy (non-hydrogen) atoms. The first-order valence-electron chi connectivity index (χ1n) is 7.13. The first-order valence-corrected chi connectivity index (χ1v) is 7.13. The van der Waals surface area contributed by atoms with E-state index in [0.717, 1.165) is 17.6 Å². The van der Waals surface area contributed by atoms with Crippen LogP contribution in [-0.4, -0.2) is 23.7 Å². The fraction of sp³-hybridized carbons (Fsp3) is 0.562. The average molecular weight is 258 g/mol. The highest BCUT2D eigenvalue weighted by Gasteiger charge is 2.32. The van der Waals surface area contributed by atoms with E-state index in [2.05, 4.69) is 29.2 Å². The normalized spacial score (nSPS) is 27.8. The van der Waals surface area contributed by atoms with Gasteiger partial charge in [-0.3, -0.25) is 4.98 Å². The summed E-state index contributed by atoms with van der Waals surface area (Å²) >= 11 is 0. The molecule has 1 aliphatic rings. The van der Waals surface area contributed by atoms with Gasteiger partial charge in [-0.2, -0.15) is 0 Å². The molecular weight excluding hydrogens is 236 g/mol. The Bertz CT molecular complexity index is 553. The van der Waals surface area contributed by atoms with Crippen LogP contribution in [0.25, 0.3) is 11.0 Å². The number of aromatic nitrogens is 2. The molecule has 3 heteroatoms. The Labute approximate surface area is 114 Å². The molecule has 0 aromatic carbocycles. The molecule has 2 aromatic heterocycles. The molecule has 3 rings (SSSR count). The zero-order chi connectivity index (χ0) is 13.3. The summed E-state index contributed by atoms with van der Waals surface area (Å²) in [4.78, 5) is 7.88. The molecule has 102 valence electrons. The van der Waals surface area contributed by atoms with Crippen LogP contribution in [0.3, 0.4) is 0 Å². The van der Waals surface area contributed by atoms with Crippen LogP contribution in [0.1, 0.15) is 44.1 Å². The second-order valence-corrected chi connectivity index (χ2v) is 6.16. The SMILES string of the molecule is COCC1(C)CCC(c2c[nH]c3cccnc23)CC1. The lowest BCUT2D eigenvalue weighted by molar-refractivity contribution is 0.0582. The molecule has 1 aliphatic carbocycles. The van der Waals surface area contributed by atoms with Crippen molar-refractivity contribution in [3.63, 3.8) is 0 Å². The number of nitrogens with one attached hydrogen (secondary N) is 1. The van der Waals surface area contributed by atoms with Crippen molar-refractivity contribution >= 4 is 11.0 Å². The number of aromatic amines is 1. The van der Waals surface area contributed by atoms with Crippen molar-refractivity contribution in [1.29, 1.82) is 0 Å². The number of ether oxygens (including phenoxy) is 1.